The minimum atomic E-state index is 0.680. The topological polar surface area (TPSA) is 46.1 Å². The molecule has 0 spiro atoms. The predicted octanol–water partition coefficient (Wildman–Crippen LogP) is 5.38. The summed E-state index contributed by atoms with van der Waals surface area (Å²) in [7, 11) is 3.32. The number of nitrogens with one attached hydrogen (secondary N) is 1. The van der Waals surface area contributed by atoms with Crippen LogP contribution in [-0.4, -0.2) is 38.2 Å². The lowest BCUT2D eigenvalue weighted by atomic mass is 10.0. The monoisotopic (exact) mass is 541 g/mol. The first-order valence-electron chi connectivity index (χ1n) is 10.8. The van der Waals surface area contributed by atoms with E-state index in [-0.39, 0.29) is 0 Å². The van der Waals surface area contributed by atoms with Crippen LogP contribution in [0.2, 0.25) is 0 Å². The lowest BCUT2D eigenvalue weighted by Gasteiger charge is -2.32. The van der Waals surface area contributed by atoms with Crippen molar-refractivity contribution in [3.05, 3.63) is 87.0 Å². The van der Waals surface area contributed by atoms with Crippen LogP contribution in [0.4, 0.5) is 5.69 Å². The van der Waals surface area contributed by atoms with E-state index in [0.717, 1.165) is 49.1 Å². The summed E-state index contributed by atoms with van der Waals surface area (Å²) < 4.78 is 12.0. The second kappa shape index (κ2) is 10.7. The predicted molar refractivity (Wildman–Crippen MR) is 139 cm³/mol. The van der Waals surface area contributed by atoms with Crippen LogP contribution in [0, 0.1) is 3.57 Å². The van der Waals surface area contributed by atoms with Gasteiger partial charge in [0.25, 0.3) is 0 Å². The third kappa shape index (κ3) is 5.35. The quantitative estimate of drug-likeness (QED) is 0.259. The molecule has 1 N–H and O–H groups in total. The molecule has 0 saturated heterocycles. The number of ether oxygens (including phenoxy) is 2. The summed E-state index contributed by atoms with van der Waals surface area (Å²) in [5, 5.41) is 3.60. The fourth-order valence-corrected chi connectivity index (χ4v) is 4.43. The van der Waals surface area contributed by atoms with Gasteiger partial charge in [-0.2, -0.15) is 0 Å². The number of fused-ring (bicyclic) bond motifs is 1. The van der Waals surface area contributed by atoms with Crippen molar-refractivity contribution in [1.29, 1.82) is 0 Å². The molecule has 0 amide bonds. The number of hydrogen-bond acceptors (Lipinski definition) is 3. The van der Waals surface area contributed by atoms with Gasteiger partial charge in [0.05, 0.1) is 19.9 Å². The van der Waals surface area contributed by atoms with E-state index in [2.05, 4.69) is 87.4 Å². The number of methoxy groups -OCH3 is 2. The van der Waals surface area contributed by atoms with Gasteiger partial charge >= 0.3 is 0 Å². The Morgan fingerprint density at radius 1 is 0.969 bits per heavy atom. The van der Waals surface area contributed by atoms with Crippen LogP contribution in [0.5, 0.6) is 11.5 Å². The largest absolute Gasteiger partial charge is 0.493 e. The number of benzene rings is 3. The van der Waals surface area contributed by atoms with Gasteiger partial charge in [-0.25, -0.2) is 0 Å². The van der Waals surface area contributed by atoms with Gasteiger partial charge in [0.1, 0.15) is 0 Å². The Kier molecular flexibility index (Phi) is 7.52. The van der Waals surface area contributed by atoms with Gasteiger partial charge in [-0.1, -0.05) is 42.5 Å². The van der Waals surface area contributed by atoms with Crippen LogP contribution < -0.4 is 14.8 Å². The lowest BCUT2D eigenvalue weighted by Crippen LogP contribution is -2.40. The zero-order valence-corrected chi connectivity index (χ0v) is 20.6. The van der Waals surface area contributed by atoms with E-state index in [1.807, 2.05) is 12.1 Å². The summed E-state index contributed by atoms with van der Waals surface area (Å²) in [6, 6.07) is 23.0. The molecule has 1 aliphatic heterocycles. The zero-order valence-electron chi connectivity index (χ0n) is 18.5. The number of para-hydroxylation sites is 1. The Hall–Kier alpha value is -2.74. The van der Waals surface area contributed by atoms with Crippen molar-refractivity contribution in [2.75, 3.05) is 32.6 Å². The second-order valence-electron chi connectivity index (χ2n) is 7.69. The molecule has 5 nitrogen and oxygen atoms in total. The van der Waals surface area contributed by atoms with E-state index in [1.54, 1.807) is 14.2 Å². The number of halogens is 1. The fraction of sp³-hybridized carbons (Fsp3) is 0.269. The van der Waals surface area contributed by atoms with Crippen LogP contribution in [0.3, 0.4) is 0 Å². The van der Waals surface area contributed by atoms with E-state index in [1.165, 1.54) is 20.3 Å². The number of anilines is 1. The maximum atomic E-state index is 5.44. The first kappa shape index (κ1) is 22.5. The smallest absolute Gasteiger partial charge is 0.198 e. The fourth-order valence-electron chi connectivity index (χ4n) is 3.91. The van der Waals surface area contributed by atoms with Crippen molar-refractivity contribution >= 4 is 34.2 Å². The van der Waals surface area contributed by atoms with Crippen molar-refractivity contribution < 1.29 is 9.47 Å². The van der Waals surface area contributed by atoms with Gasteiger partial charge in [-0.15, -0.1) is 0 Å². The summed E-state index contributed by atoms with van der Waals surface area (Å²) in [4.78, 5) is 7.35. The van der Waals surface area contributed by atoms with Crippen molar-refractivity contribution in [2.45, 2.75) is 19.4 Å². The van der Waals surface area contributed by atoms with Crippen LogP contribution in [0.15, 0.2) is 71.7 Å². The average Bonchev–Trinajstić information content (AvgIpc) is 2.84. The number of nitrogens with zero attached hydrogens (tertiary/aromatic N) is 2. The highest BCUT2D eigenvalue weighted by molar-refractivity contribution is 14.1. The molecule has 0 bridgehead atoms. The SMILES string of the molecule is COc1ccc(CCN=C(Nc2ccccc2I)N2CCc3ccccc3C2)cc1OC. The van der Waals surface area contributed by atoms with E-state index in [4.69, 9.17) is 14.5 Å². The minimum absolute atomic E-state index is 0.680. The Morgan fingerprint density at radius 2 is 1.72 bits per heavy atom. The summed E-state index contributed by atoms with van der Waals surface area (Å²) in [6.45, 7) is 2.49. The number of guanidine groups is 1. The lowest BCUT2D eigenvalue weighted by molar-refractivity contribution is 0.354. The van der Waals surface area contributed by atoms with Gasteiger partial charge in [0.2, 0.25) is 0 Å². The molecule has 1 aliphatic rings. The highest BCUT2D eigenvalue weighted by Gasteiger charge is 2.19. The number of hydrogen-bond donors (Lipinski definition) is 1. The van der Waals surface area contributed by atoms with E-state index in [0.29, 0.717) is 6.54 Å². The zero-order chi connectivity index (χ0) is 22.3. The van der Waals surface area contributed by atoms with Gasteiger partial charge in [0, 0.05) is 23.2 Å². The van der Waals surface area contributed by atoms with Crippen molar-refractivity contribution in [3.8, 4) is 11.5 Å². The summed E-state index contributed by atoms with van der Waals surface area (Å²) >= 11 is 2.36. The van der Waals surface area contributed by atoms with Gasteiger partial charge < -0.3 is 19.7 Å². The van der Waals surface area contributed by atoms with Crippen molar-refractivity contribution in [2.24, 2.45) is 4.99 Å². The first-order chi connectivity index (χ1) is 15.7. The molecule has 32 heavy (non-hydrogen) atoms. The maximum absolute atomic E-state index is 5.44. The third-order valence-corrected chi connectivity index (χ3v) is 6.60. The Balaban J connectivity index is 1.54. The Labute approximate surface area is 203 Å². The normalized spacial score (nSPS) is 13.5. The number of rotatable bonds is 6. The molecule has 3 aromatic rings. The molecule has 0 aliphatic carbocycles. The molecule has 0 aromatic heterocycles. The molecule has 1 heterocycles. The van der Waals surface area contributed by atoms with E-state index < -0.39 is 0 Å². The molecule has 6 heteroatoms. The Bertz CT molecular complexity index is 1100. The molecule has 0 unspecified atom stereocenters. The van der Waals surface area contributed by atoms with Crippen molar-refractivity contribution in [3.63, 3.8) is 0 Å². The Morgan fingerprint density at radius 3 is 2.50 bits per heavy atom. The molecular formula is C26H28IN3O2. The molecular weight excluding hydrogens is 513 g/mol. The highest BCUT2D eigenvalue weighted by atomic mass is 127. The highest BCUT2D eigenvalue weighted by Crippen LogP contribution is 2.28. The third-order valence-electron chi connectivity index (χ3n) is 5.66. The van der Waals surface area contributed by atoms with Crippen LogP contribution >= 0.6 is 22.6 Å². The van der Waals surface area contributed by atoms with Crippen LogP contribution in [0.1, 0.15) is 16.7 Å². The average molecular weight is 541 g/mol. The minimum Gasteiger partial charge on any atom is -0.493 e. The van der Waals surface area contributed by atoms with E-state index >= 15 is 0 Å². The molecule has 4 rings (SSSR count). The summed E-state index contributed by atoms with van der Waals surface area (Å²) in [5.41, 5.74) is 5.06. The molecule has 0 radical (unpaired) electrons. The molecule has 166 valence electrons. The summed E-state index contributed by atoms with van der Waals surface area (Å²) in [5.74, 6) is 2.41. The molecule has 3 aromatic carbocycles. The number of aliphatic imine (C=N–C) groups is 1. The van der Waals surface area contributed by atoms with E-state index in [9.17, 15) is 0 Å². The summed E-state index contributed by atoms with van der Waals surface area (Å²) in [6.07, 6.45) is 1.85. The van der Waals surface area contributed by atoms with Gasteiger partial charge in [-0.3, -0.25) is 4.99 Å². The van der Waals surface area contributed by atoms with Crippen LogP contribution in [0.25, 0.3) is 0 Å². The van der Waals surface area contributed by atoms with Gasteiger partial charge in [-0.05, 0) is 76.4 Å². The molecule has 0 atom stereocenters. The van der Waals surface area contributed by atoms with Crippen LogP contribution in [-0.2, 0) is 19.4 Å². The van der Waals surface area contributed by atoms with Gasteiger partial charge in [0.15, 0.2) is 17.5 Å². The standard InChI is InChI=1S/C26H28IN3O2/c1-31-24-12-11-19(17-25(24)32-2)13-15-28-26(29-23-10-6-5-9-22(23)27)30-16-14-20-7-3-4-8-21(20)18-30/h3-12,17H,13-16,18H2,1-2H3,(H,28,29). The first-order valence-corrected chi connectivity index (χ1v) is 11.8. The van der Waals surface area contributed by atoms with Crippen molar-refractivity contribution in [1.82, 2.24) is 4.90 Å². The second-order valence-corrected chi connectivity index (χ2v) is 8.85. The molecule has 0 saturated carbocycles. The maximum Gasteiger partial charge on any atom is 0.198 e. The molecule has 0 fully saturated rings.